The molecule has 0 aliphatic carbocycles. The lowest BCUT2D eigenvalue weighted by Crippen LogP contribution is -2.29. The summed E-state index contributed by atoms with van der Waals surface area (Å²) in [6.45, 7) is 1.15. The van der Waals surface area contributed by atoms with Gasteiger partial charge in [-0.05, 0) is 6.42 Å². The molecule has 0 aromatic rings. The van der Waals surface area contributed by atoms with Gasteiger partial charge in [0.2, 0.25) is 5.91 Å². The van der Waals surface area contributed by atoms with Crippen LogP contribution in [0.3, 0.4) is 0 Å². The van der Waals surface area contributed by atoms with E-state index in [4.69, 9.17) is 9.84 Å². The zero-order valence-corrected chi connectivity index (χ0v) is 8.72. The van der Waals surface area contributed by atoms with Crippen LogP contribution in [0.4, 0.5) is 0 Å². The molecule has 6 heteroatoms. The summed E-state index contributed by atoms with van der Waals surface area (Å²) in [4.78, 5) is 33.8. The van der Waals surface area contributed by atoms with Gasteiger partial charge in [0.05, 0.1) is 6.54 Å². The number of hydrogen-bond donors (Lipinski definition) is 1. The average Bonchev–Trinajstić information content (AvgIpc) is 2.61. The van der Waals surface area contributed by atoms with Gasteiger partial charge in [0.15, 0.2) is 0 Å². The molecule has 0 aromatic heterocycles. The molecule has 1 rings (SSSR count). The van der Waals surface area contributed by atoms with Crippen LogP contribution in [0.1, 0.15) is 12.8 Å². The molecule has 6 nitrogen and oxygen atoms in total. The molecule has 1 aliphatic heterocycles. The summed E-state index contributed by atoms with van der Waals surface area (Å²) >= 11 is 0. The van der Waals surface area contributed by atoms with Gasteiger partial charge in [-0.3, -0.25) is 4.79 Å². The third kappa shape index (κ3) is 4.12. The van der Waals surface area contributed by atoms with Crippen molar-refractivity contribution in [3.63, 3.8) is 0 Å². The Morgan fingerprint density at radius 3 is 2.75 bits per heavy atom. The van der Waals surface area contributed by atoms with Gasteiger partial charge < -0.3 is 14.7 Å². The van der Waals surface area contributed by atoms with Crippen molar-refractivity contribution in [2.75, 3.05) is 19.7 Å². The monoisotopic (exact) mass is 227 g/mol. The number of nitrogens with zero attached hydrogens (tertiary/aromatic N) is 1. The first-order chi connectivity index (χ1) is 7.59. The van der Waals surface area contributed by atoms with Gasteiger partial charge in [-0.15, -0.1) is 0 Å². The van der Waals surface area contributed by atoms with Gasteiger partial charge in [-0.2, -0.15) is 0 Å². The van der Waals surface area contributed by atoms with Crippen molar-refractivity contribution >= 4 is 17.8 Å². The van der Waals surface area contributed by atoms with Crippen molar-refractivity contribution in [2.45, 2.75) is 12.8 Å². The number of carbonyl (C=O) groups is 3. The molecule has 0 saturated carbocycles. The van der Waals surface area contributed by atoms with Gasteiger partial charge in [0.25, 0.3) is 0 Å². The molecule has 1 fully saturated rings. The Morgan fingerprint density at radius 2 is 2.19 bits per heavy atom. The first kappa shape index (κ1) is 12.2. The fourth-order valence-corrected chi connectivity index (χ4v) is 1.38. The quantitative estimate of drug-likeness (QED) is 0.519. The highest BCUT2D eigenvalue weighted by Gasteiger charge is 2.19. The van der Waals surface area contributed by atoms with Gasteiger partial charge in [0, 0.05) is 25.1 Å². The van der Waals surface area contributed by atoms with Crippen molar-refractivity contribution in [2.24, 2.45) is 0 Å². The summed E-state index contributed by atoms with van der Waals surface area (Å²) in [6, 6.07) is 0. The molecule has 88 valence electrons. The number of ether oxygens (including phenoxy) is 1. The maximum Gasteiger partial charge on any atom is 0.331 e. The fraction of sp³-hybridized carbons (Fsp3) is 0.500. The van der Waals surface area contributed by atoms with E-state index in [1.54, 1.807) is 4.90 Å². The second-order valence-corrected chi connectivity index (χ2v) is 3.32. The van der Waals surface area contributed by atoms with E-state index in [1.807, 2.05) is 0 Å². The van der Waals surface area contributed by atoms with E-state index in [-0.39, 0.29) is 12.5 Å². The third-order valence-corrected chi connectivity index (χ3v) is 2.14. The van der Waals surface area contributed by atoms with Crippen molar-refractivity contribution in [3.8, 4) is 0 Å². The molecule has 1 N–H and O–H groups in total. The fourth-order valence-electron chi connectivity index (χ4n) is 1.38. The van der Waals surface area contributed by atoms with Crippen LogP contribution in [-0.2, 0) is 19.1 Å². The Kier molecular flexibility index (Phi) is 4.50. The summed E-state index contributed by atoms with van der Waals surface area (Å²) < 4.78 is 4.72. The van der Waals surface area contributed by atoms with Crippen LogP contribution in [0.25, 0.3) is 0 Å². The van der Waals surface area contributed by atoms with Gasteiger partial charge in [-0.25, -0.2) is 9.59 Å². The Balaban J connectivity index is 2.17. The summed E-state index contributed by atoms with van der Waals surface area (Å²) in [5, 5.41) is 8.25. The molecule has 0 unspecified atom stereocenters. The zero-order valence-electron chi connectivity index (χ0n) is 8.72. The van der Waals surface area contributed by atoms with Gasteiger partial charge in [0.1, 0.15) is 6.61 Å². The van der Waals surface area contributed by atoms with E-state index < -0.39 is 11.9 Å². The van der Waals surface area contributed by atoms with Crippen LogP contribution in [0.2, 0.25) is 0 Å². The van der Waals surface area contributed by atoms with Crippen molar-refractivity contribution in [3.05, 3.63) is 12.2 Å². The largest absolute Gasteiger partial charge is 0.478 e. The van der Waals surface area contributed by atoms with Crippen molar-refractivity contribution in [1.29, 1.82) is 0 Å². The number of esters is 1. The molecule has 1 aliphatic rings. The van der Waals surface area contributed by atoms with Crippen LogP contribution in [-0.4, -0.2) is 47.5 Å². The lowest BCUT2D eigenvalue weighted by molar-refractivity contribution is -0.140. The first-order valence-electron chi connectivity index (χ1n) is 4.95. The number of carboxylic acids is 1. The SMILES string of the molecule is O=C(O)/C=C/C(=O)OCCN1CCCC1=O. The van der Waals surface area contributed by atoms with E-state index in [1.165, 1.54) is 0 Å². The zero-order chi connectivity index (χ0) is 12.0. The van der Waals surface area contributed by atoms with E-state index in [9.17, 15) is 14.4 Å². The van der Waals surface area contributed by atoms with Crippen molar-refractivity contribution < 1.29 is 24.2 Å². The lowest BCUT2D eigenvalue weighted by Gasteiger charge is -2.14. The first-order valence-corrected chi connectivity index (χ1v) is 4.95. The van der Waals surface area contributed by atoms with Gasteiger partial charge in [-0.1, -0.05) is 0 Å². The summed E-state index contributed by atoms with van der Waals surface area (Å²) in [5.41, 5.74) is 0. The molecule has 1 saturated heterocycles. The molecule has 16 heavy (non-hydrogen) atoms. The predicted octanol–water partition coefficient (Wildman–Crippen LogP) is -0.207. The minimum absolute atomic E-state index is 0.0668. The highest BCUT2D eigenvalue weighted by Crippen LogP contribution is 2.08. The highest BCUT2D eigenvalue weighted by molar-refractivity contribution is 5.90. The second kappa shape index (κ2) is 5.89. The van der Waals surface area contributed by atoms with E-state index in [2.05, 4.69) is 0 Å². The van der Waals surface area contributed by atoms with E-state index >= 15 is 0 Å². The maximum absolute atomic E-state index is 11.2. The Hall–Kier alpha value is -1.85. The topological polar surface area (TPSA) is 83.9 Å². The Morgan fingerprint density at radius 1 is 1.44 bits per heavy atom. The minimum Gasteiger partial charge on any atom is -0.478 e. The highest BCUT2D eigenvalue weighted by atomic mass is 16.5. The van der Waals surface area contributed by atoms with Crippen LogP contribution in [0.5, 0.6) is 0 Å². The molecule has 1 heterocycles. The molecule has 0 atom stereocenters. The summed E-state index contributed by atoms with van der Waals surface area (Å²) in [5.74, 6) is -1.85. The van der Waals surface area contributed by atoms with Crippen LogP contribution >= 0.6 is 0 Å². The van der Waals surface area contributed by atoms with Gasteiger partial charge >= 0.3 is 11.9 Å². The Bertz CT molecular complexity index is 323. The Labute approximate surface area is 92.5 Å². The second-order valence-electron chi connectivity index (χ2n) is 3.32. The maximum atomic E-state index is 11.2. The average molecular weight is 227 g/mol. The van der Waals surface area contributed by atoms with E-state index in [0.29, 0.717) is 25.6 Å². The number of rotatable bonds is 5. The number of carboxylic acid groups (broad SMARTS) is 1. The number of amides is 1. The molecular formula is C10H13NO5. The lowest BCUT2D eigenvalue weighted by atomic mass is 10.4. The van der Waals surface area contributed by atoms with E-state index in [0.717, 1.165) is 12.5 Å². The number of aliphatic carboxylic acids is 1. The predicted molar refractivity (Wildman–Crippen MR) is 53.5 cm³/mol. The van der Waals surface area contributed by atoms with Crippen LogP contribution < -0.4 is 0 Å². The smallest absolute Gasteiger partial charge is 0.331 e. The van der Waals surface area contributed by atoms with Crippen LogP contribution in [0.15, 0.2) is 12.2 Å². The standard InChI is InChI=1S/C10H13NO5/c12-8-2-1-5-11(8)6-7-16-10(15)4-3-9(13)14/h3-4H,1-2,5-7H2,(H,13,14)/b4-3+. The molecular weight excluding hydrogens is 214 g/mol. The molecule has 0 radical (unpaired) electrons. The molecule has 0 aromatic carbocycles. The third-order valence-electron chi connectivity index (χ3n) is 2.14. The normalized spacial score (nSPS) is 15.8. The number of likely N-dealkylation sites (tertiary alicyclic amines) is 1. The molecule has 1 amide bonds. The van der Waals surface area contributed by atoms with Crippen LogP contribution in [0, 0.1) is 0 Å². The molecule has 0 spiro atoms. The minimum atomic E-state index is -1.20. The number of hydrogen-bond acceptors (Lipinski definition) is 4. The molecule has 0 bridgehead atoms. The summed E-state index contributed by atoms with van der Waals surface area (Å²) in [6.07, 6.45) is 2.94. The van der Waals surface area contributed by atoms with Crippen molar-refractivity contribution in [1.82, 2.24) is 4.90 Å². The summed E-state index contributed by atoms with van der Waals surface area (Å²) in [7, 11) is 0. The number of carbonyl (C=O) groups excluding carboxylic acids is 2.